The highest BCUT2D eigenvalue weighted by molar-refractivity contribution is 5.78. The van der Waals surface area contributed by atoms with Gasteiger partial charge in [-0.25, -0.2) is 0 Å². The van der Waals surface area contributed by atoms with Crippen LogP contribution in [0, 0.1) is 0 Å². The van der Waals surface area contributed by atoms with Crippen molar-refractivity contribution < 1.29 is 4.79 Å². The fraction of sp³-hybridized carbons (Fsp3) is 0.889. The smallest absolute Gasteiger partial charge is 0.221 e. The number of hydrogen-bond donors (Lipinski definition) is 3. The average Bonchev–Trinajstić information content (AvgIpc) is 2.62. The predicted octanol–water partition coefficient (Wildman–Crippen LogP) is -0.656. The van der Waals surface area contributed by atoms with Gasteiger partial charge in [0.25, 0.3) is 0 Å². The fourth-order valence-corrected chi connectivity index (χ4v) is 2.22. The van der Waals surface area contributed by atoms with E-state index >= 15 is 0 Å². The van der Waals surface area contributed by atoms with E-state index in [-0.39, 0.29) is 5.91 Å². The predicted molar refractivity (Wildman–Crippen MR) is 50.2 cm³/mol. The zero-order valence-electron chi connectivity index (χ0n) is 7.75. The van der Waals surface area contributed by atoms with Crippen LogP contribution in [0.25, 0.3) is 0 Å². The van der Waals surface area contributed by atoms with Crippen molar-refractivity contribution in [3.63, 3.8) is 0 Å². The molecule has 3 atom stereocenters. The second-order valence-electron chi connectivity index (χ2n) is 4.14. The van der Waals surface area contributed by atoms with Crippen molar-refractivity contribution in [1.82, 2.24) is 10.6 Å². The Morgan fingerprint density at radius 3 is 2.77 bits per heavy atom. The molecule has 0 radical (unpaired) electrons. The van der Waals surface area contributed by atoms with E-state index in [1.807, 2.05) is 0 Å². The standard InChI is InChI=1S/C9H17N3O/c10-6-1-2-7(3-6)12-8-4-9(13)11-5-8/h6-8,12H,1-5,10H2,(H,11,13). The van der Waals surface area contributed by atoms with Crippen LogP contribution in [0.4, 0.5) is 0 Å². The zero-order chi connectivity index (χ0) is 9.26. The van der Waals surface area contributed by atoms with Gasteiger partial charge in [0, 0.05) is 31.1 Å². The zero-order valence-corrected chi connectivity index (χ0v) is 7.75. The molecule has 4 N–H and O–H groups in total. The summed E-state index contributed by atoms with van der Waals surface area (Å²) in [5.41, 5.74) is 5.80. The molecular weight excluding hydrogens is 166 g/mol. The van der Waals surface area contributed by atoms with Crippen molar-refractivity contribution in [1.29, 1.82) is 0 Å². The maximum Gasteiger partial charge on any atom is 0.221 e. The van der Waals surface area contributed by atoms with Gasteiger partial charge in [-0.2, -0.15) is 0 Å². The van der Waals surface area contributed by atoms with Gasteiger partial charge in [0.2, 0.25) is 5.91 Å². The van der Waals surface area contributed by atoms with Crippen molar-refractivity contribution in [2.45, 2.75) is 43.8 Å². The van der Waals surface area contributed by atoms with Crippen molar-refractivity contribution in [2.24, 2.45) is 5.73 Å². The third kappa shape index (κ3) is 2.19. The quantitative estimate of drug-likeness (QED) is 0.532. The second kappa shape index (κ2) is 3.64. The first kappa shape index (κ1) is 8.97. The number of nitrogens with one attached hydrogen (secondary N) is 2. The van der Waals surface area contributed by atoms with Gasteiger partial charge in [0.1, 0.15) is 0 Å². The maximum absolute atomic E-state index is 10.9. The van der Waals surface area contributed by atoms with Crippen molar-refractivity contribution in [2.75, 3.05) is 6.54 Å². The Morgan fingerprint density at radius 2 is 2.23 bits per heavy atom. The van der Waals surface area contributed by atoms with Crippen LogP contribution in [0.3, 0.4) is 0 Å². The molecule has 1 saturated carbocycles. The first-order chi connectivity index (χ1) is 6.24. The monoisotopic (exact) mass is 183 g/mol. The van der Waals surface area contributed by atoms with E-state index < -0.39 is 0 Å². The van der Waals surface area contributed by atoms with Crippen molar-refractivity contribution in [3.05, 3.63) is 0 Å². The van der Waals surface area contributed by atoms with Crippen LogP contribution < -0.4 is 16.4 Å². The van der Waals surface area contributed by atoms with Crippen LogP contribution in [-0.4, -0.2) is 30.6 Å². The Kier molecular flexibility index (Phi) is 2.51. The minimum Gasteiger partial charge on any atom is -0.354 e. The van der Waals surface area contributed by atoms with E-state index in [1.165, 1.54) is 0 Å². The molecule has 13 heavy (non-hydrogen) atoms. The molecule has 0 spiro atoms. The van der Waals surface area contributed by atoms with Crippen LogP contribution in [0.15, 0.2) is 0 Å². The molecule has 74 valence electrons. The first-order valence-electron chi connectivity index (χ1n) is 5.02. The van der Waals surface area contributed by atoms with Gasteiger partial charge in [-0.3, -0.25) is 4.79 Å². The Balaban J connectivity index is 1.75. The molecule has 0 aromatic heterocycles. The Labute approximate surface area is 78.2 Å². The number of nitrogens with two attached hydrogens (primary N) is 1. The number of carbonyl (C=O) groups excluding carboxylic acids is 1. The summed E-state index contributed by atoms with van der Waals surface area (Å²) < 4.78 is 0. The Morgan fingerprint density at radius 1 is 1.38 bits per heavy atom. The van der Waals surface area contributed by atoms with Gasteiger partial charge < -0.3 is 16.4 Å². The Bertz CT molecular complexity index is 207. The Hall–Kier alpha value is -0.610. The van der Waals surface area contributed by atoms with Crippen LogP contribution in [0.2, 0.25) is 0 Å². The first-order valence-corrected chi connectivity index (χ1v) is 5.02. The van der Waals surface area contributed by atoms with Gasteiger partial charge in [-0.05, 0) is 19.3 Å². The minimum atomic E-state index is 0.166. The van der Waals surface area contributed by atoms with Gasteiger partial charge in [0.15, 0.2) is 0 Å². The molecule has 4 nitrogen and oxygen atoms in total. The van der Waals surface area contributed by atoms with Gasteiger partial charge >= 0.3 is 0 Å². The molecule has 1 heterocycles. The number of hydrogen-bond acceptors (Lipinski definition) is 3. The van der Waals surface area contributed by atoms with Crippen molar-refractivity contribution in [3.8, 4) is 0 Å². The highest BCUT2D eigenvalue weighted by Crippen LogP contribution is 2.18. The summed E-state index contributed by atoms with van der Waals surface area (Å²) in [5, 5.41) is 6.30. The topological polar surface area (TPSA) is 67.2 Å². The second-order valence-corrected chi connectivity index (χ2v) is 4.14. The molecule has 0 bridgehead atoms. The number of rotatable bonds is 2. The molecule has 1 aliphatic carbocycles. The normalized spacial score (nSPS) is 39.5. The molecule has 1 saturated heterocycles. The van der Waals surface area contributed by atoms with E-state index in [1.54, 1.807) is 0 Å². The van der Waals surface area contributed by atoms with E-state index in [2.05, 4.69) is 10.6 Å². The molecule has 2 rings (SSSR count). The average molecular weight is 183 g/mol. The molecule has 1 amide bonds. The fourth-order valence-electron chi connectivity index (χ4n) is 2.22. The molecule has 3 unspecified atom stereocenters. The lowest BCUT2D eigenvalue weighted by Gasteiger charge is -2.16. The lowest BCUT2D eigenvalue weighted by molar-refractivity contribution is -0.119. The lowest BCUT2D eigenvalue weighted by Crippen LogP contribution is -2.38. The molecule has 2 fully saturated rings. The summed E-state index contributed by atoms with van der Waals surface area (Å²) >= 11 is 0. The third-order valence-corrected chi connectivity index (χ3v) is 2.92. The summed E-state index contributed by atoms with van der Waals surface area (Å²) in [6.07, 6.45) is 3.97. The van der Waals surface area contributed by atoms with E-state index in [9.17, 15) is 4.79 Å². The van der Waals surface area contributed by atoms with Gasteiger partial charge in [-0.1, -0.05) is 0 Å². The third-order valence-electron chi connectivity index (χ3n) is 2.92. The molecule has 0 aromatic rings. The number of carbonyl (C=O) groups is 1. The SMILES string of the molecule is NC1CCC(NC2CNC(=O)C2)C1. The maximum atomic E-state index is 10.9. The molecule has 2 aliphatic rings. The van der Waals surface area contributed by atoms with E-state index in [4.69, 9.17) is 5.73 Å². The highest BCUT2D eigenvalue weighted by Gasteiger charge is 2.27. The summed E-state index contributed by atoms with van der Waals surface area (Å²) in [7, 11) is 0. The molecule has 4 heteroatoms. The van der Waals surface area contributed by atoms with Crippen molar-refractivity contribution >= 4 is 5.91 Å². The lowest BCUT2D eigenvalue weighted by atomic mass is 10.2. The van der Waals surface area contributed by atoms with Crippen LogP contribution >= 0.6 is 0 Å². The minimum absolute atomic E-state index is 0.166. The summed E-state index contributed by atoms with van der Waals surface area (Å²) in [4.78, 5) is 10.9. The van der Waals surface area contributed by atoms with E-state index in [0.717, 1.165) is 25.8 Å². The largest absolute Gasteiger partial charge is 0.354 e. The molecule has 0 aromatic carbocycles. The van der Waals surface area contributed by atoms with Crippen LogP contribution in [0.5, 0.6) is 0 Å². The summed E-state index contributed by atoms with van der Waals surface area (Å²) in [6, 6.07) is 1.23. The van der Waals surface area contributed by atoms with Gasteiger partial charge in [-0.15, -0.1) is 0 Å². The van der Waals surface area contributed by atoms with Crippen LogP contribution in [-0.2, 0) is 4.79 Å². The summed E-state index contributed by atoms with van der Waals surface area (Å²) in [6.45, 7) is 0.782. The highest BCUT2D eigenvalue weighted by atomic mass is 16.1. The van der Waals surface area contributed by atoms with Crippen LogP contribution in [0.1, 0.15) is 25.7 Å². The molecule has 1 aliphatic heterocycles. The van der Waals surface area contributed by atoms with Gasteiger partial charge in [0.05, 0.1) is 0 Å². The molecular formula is C9H17N3O. The summed E-state index contributed by atoms with van der Waals surface area (Å²) in [5.74, 6) is 0.166. The number of amides is 1. The van der Waals surface area contributed by atoms with E-state index in [0.29, 0.717) is 24.5 Å².